The smallest absolute Gasteiger partial charge is 0.302 e. The molecule has 0 unspecified atom stereocenters. The number of hydrogen-bond acceptors (Lipinski definition) is 5. The van der Waals surface area contributed by atoms with Gasteiger partial charge in [-0.25, -0.2) is 0 Å². The molecule has 1 saturated heterocycles. The molecule has 7 heteroatoms. The van der Waals surface area contributed by atoms with E-state index >= 15 is 0 Å². The first-order valence-electron chi connectivity index (χ1n) is 8.11. The number of nitrogens with zero attached hydrogens (tertiary/aromatic N) is 1. The molecule has 1 amide bonds. The number of rotatable bonds is 7. The molecule has 25 heavy (non-hydrogen) atoms. The molecule has 0 radical (unpaired) electrons. The maximum atomic E-state index is 12.5. The summed E-state index contributed by atoms with van der Waals surface area (Å²) in [4.78, 5) is 25.1. The molecule has 1 heterocycles. The fourth-order valence-electron chi connectivity index (χ4n) is 2.44. The summed E-state index contributed by atoms with van der Waals surface area (Å²) < 4.78 is 10.3. The molecule has 1 N–H and O–H groups in total. The molecule has 1 fully saturated rings. The highest BCUT2D eigenvalue weighted by molar-refractivity contribution is 7.80. The number of methoxy groups -OCH3 is 1. The van der Waals surface area contributed by atoms with E-state index in [1.165, 1.54) is 6.92 Å². The van der Waals surface area contributed by atoms with Crippen LogP contribution in [0.2, 0.25) is 0 Å². The van der Waals surface area contributed by atoms with Crippen molar-refractivity contribution in [3.63, 3.8) is 0 Å². The van der Waals surface area contributed by atoms with Crippen LogP contribution in [0.1, 0.15) is 37.8 Å². The molecular formula is C18H22N2O4S. The second kappa shape index (κ2) is 8.62. The fraction of sp³-hybridized carbons (Fsp3) is 0.389. The molecule has 1 aliphatic heterocycles. The molecule has 0 bridgehead atoms. The molecule has 1 aromatic rings. The highest BCUT2D eigenvalue weighted by Gasteiger charge is 2.29. The molecule has 0 aromatic heterocycles. The molecule has 134 valence electrons. The number of carbonyl (C=O) groups is 2. The fourth-order valence-corrected chi connectivity index (χ4v) is 2.72. The quantitative estimate of drug-likeness (QED) is 0.457. The third-order valence-corrected chi connectivity index (χ3v) is 4.07. The van der Waals surface area contributed by atoms with E-state index in [0.29, 0.717) is 23.1 Å². The summed E-state index contributed by atoms with van der Waals surface area (Å²) in [5.74, 6) is 0.125. The zero-order valence-electron chi connectivity index (χ0n) is 14.6. The maximum absolute atomic E-state index is 12.5. The lowest BCUT2D eigenvalue weighted by atomic mass is 10.1. The Bertz CT molecular complexity index is 715. The lowest BCUT2D eigenvalue weighted by Gasteiger charge is -2.12. The Labute approximate surface area is 152 Å². The summed E-state index contributed by atoms with van der Waals surface area (Å²) in [5.41, 5.74) is 1.95. The van der Waals surface area contributed by atoms with Crippen LogP contribution in [0, 0.1) is 0 Å². The van der Waals surface area contributed by atoms with Gasteiger partial charge in [0.2, 0.25) is 0 Å². The molecule has 0 atom stereocenters. The zero-order valence-corrected chi connectivity index (χ0v) is 15.4. The summed E-state index contributed by atoms with van der Waals surface area (Å²) >= 11 is 5.24. The van der Waals surface area contributed by atoms with E-state index in [0.717, 1.165) is 24.0 Å². The van der Waals surface area contributed by atoms with Crippen LogP contribution in [0.3, 0.4) is 0 Å². The number of esters is 1. The highest BCUT2D eigenvalue weighted by Crippen LogP contribution is 2.23. The number of thiocarbonyl (C=S) groups is 1. The molecular weight excluding hydrogens is 340 g/mol. The average molecular weight is 362 g/mol. The van der Waals surface area contributed by atoms with Crippen molar-refractivity contribution in [1.82, 2.24) is 10.2 Å². The molecule has 1 aromatic carbocycles. The van der Waals surface area contributed by atoms with Crippen molar-refractivity contribution in [3.05, 3.63) is 35.0 Å². The van der Waals surface area contributed by atoms with Crippen molar-refractivity contribution in [1.29, 1.82) is 0 Å². The second-order valence-corrected chi connectivity index (χ2v) is 6.04. The van der Waals surface area contributed by atoms with Crippen molar-refractivity contribution in [2.24, 2.45) is 0 Å². The van der Waals surface area contributed by atoms with Crippen molar-refractivity contribution in [3.8, 4) is 5.75 Å². The zero-order chi connectivity index (χ0) is 18.4. The van der Waals surface area contributed by atoms with E-state index in [-0.39, 0.29) is 18.5 Å². The number of nitrogens with one attached hydrogen (secondary N) is 1. The van der Waals surface area contributed by atoms with Crippen LogP contribution in [0.25, 0.3) is 6.08 Å². The first-order valence-corrected chi connectivity index (χ1v) is 8.52. The number of unbranched alkanes of at least 4 members (excludes halogenated alkanes) is 1. The second-order valence-electron chi connectivity index (χ2n) is 5.65. The Hall–Kier alpha value is -2.41. The third-order valence-electron chi connectivity index (χ3n) is 3.74. The van der Waals surface area contributed by atoms with Crippen LogP contribution >= 0.6 is 12.2 Å². The van der Waals surface area contributed by atoms with Crippen molar-refractivity contribution in [2.75, 3.05) is 13.7 Å². The van der Waals surface area contributed by atoms with E-state index in [1.807, 2.05) is 12.1 Å². The molecule has 1 aliphatic rings. The van der Waals surface area contributed by atoms with Gasteiger partial charge < -0.3 is 14.8 Å². The lowest BCUT2D eigenvalue weighted by molar-refractivity contribution is -0.142. The minimum absolute atomic E-state index is 0.109. The minimum Gasteiger partial charge on any atom is -0.496 e. The van der Waals surface area contributed by atoms with Gasteiger partial charge in [-0.05, 0) is 42.4 Å². The number of hydrogen-bond donors (Lipinski definition) is 1. The predicted octanol–water partition coefficient (Wildman–Crippen LogP) is 2.62. The molecule has 0 spiro atoms. The monoisotopic (exact) mass is 362 g/mol. The van der Waals surface area contributed by atoms with E-state index in [9.17, 15) is 9.59 Å². The Balaban J connectivity index is 2.22. The Morgan fingerprint density at radius 1 is 1.40 bits per heavy atom. The number of carbonyl (C=O) groups excluding carboxylic acids is 2. The topological polar surface area (TPSA) is 67.9 Å². The van der Waals surface area contributed by atoms with Gasteiger partial charge in [0.25, 0.3) is 5.91 Å². The van der Waals surface area contributed by atoms with Gasteiger partial charge in [-0.2, -0.15) is 0 Å². The van der Waals surface area contributed by atoms with Crippen LogP contribution in [0.4, 0.5) is 0 Å². The van der Waals surface area contributed by atoms with Gasteiger partial charge in [0.15, 0.2) is 5.11 Å². The largest absolute Gasteiger partial charge is 0.496 e. The van der Waals surface area contributed by atoms with Gasteiger partial charge in [0.1, 0.15) is 18.1 Å². The van der Waals surface area contributed by atoms with E-state index in [2.05, 4.69) is 12.2 Å². The van der Waals surface area contributed by atoms with Gasteiger partial charge >= 0.3 is 5.97 Å². The number of ether oxygens (including phenoxy) is 2. The van der Waals surface area contributed by atoms with Crippen LogP contribution < -0.4 is 10.1 Å². The minimum atomic E-state index is -0.365. The summed E-state index contributed by atoms with van der Waals surface area (Å²) in [7, 11) is 1.55. The van der Waals surface area contributed by atoms with E-state index < -0.39 is 0 Å². The van der Waals surface area contributed by atoms with Crippen molar-refractivity contribution < 1.29 is 19.1 Å². The summed E-state index contributed by atoms with van der Waals surface area (Å²) in [5, 5.41) is 3.39. The molecule has 2 rings (SSSR count). The molecule has 6 nitrogen and oxygen atoms in total. The first-order chi connectivity index (χ1) is 12.0. The lowest BCUT2D eigenvalue weighted by Crippen LogP contribution is -2.31. The SMILES string of the molecule is CCCCN1C(=O)/C(=C/c2ccc(OC)c(COC(C)=O)c2)NC1=S. The predicted molar refractivity (Wildman–Crippen MR) is 98.8 cm³/mol. The van der Waals surface area contributed by atoms with Gasteiger partial charge in [-0.3, -0.25) is 14.5 Å². The molecule has 0 saturated carbocycles. The summed E-state index contributed by atoms with van der Waals surface area (Å²) in [6.45, 7) is 4.14. The third kappa shape index (κ3) is 4.79. The van der Waals surface area contributed by atoms with Crippen LogP contribution in [-0.2, 0) is 20.9 Å². The number of amides is 1. The summed E-state index contributed by atoms with van der Waals surface area (Å²) in [6, 6.07) is 5.43. The Morgan fingerprint density at radius 2 is 2.16 bits per heavy atom. The number of benzene rings is 1. The van der Waals surface area contributed by atoms with Crippen LogP contribution in [0.5, 0.6) is 5.75 Å². The summed E-state index contributed by atoms with van der Waals surface area (Å²) in [6.07, 6.45) is 3.62. The van der Waals surface area contributed by atoms with Gasteiger partial charge in [0, 0.05) is 19.0 Å². The Kier molecular flexibility index (Phi) is 6.52. The van der Waals surface area contributed by atoms with Gasteiger partial charge in [-0.1, -0.05) is 19.4 Å². The van der Waals surface area contributed by atoms with Crippen LogP contribution in [-0.4, -0.2) is 35.5 Å². The average Bonchev–Trinajstić information content (AvgIpc) is 2.84. The van der Waals surface area contributed by atoms with Crippen LogP contribution in [0.15, 0.2) is 23.9 Å². The highest BCUT2D eigenvalue weighted by atomic mass is 32.1. The van der Waals surface area contributed by atoms with E-state index in [1.54, 1.807) is 24.2 Å². The van der Waals surface area contributed by atoms with Crippen molar-refractivity contribution in [2.45, 2.75) is 33.3 Å². The maximum Gasteiger partial charge on any atom is 0.302 e. The Morgan fingerprint density at radius 3 is 2.80 bits per heavy atom. The van der Waals surface area contributed by atoms with Crippen molar-refractivity contribution >= 4 is 35.3 Å². The van der Waals surface area contributed by atoms with Gasteiger partial charge in [-0.15, -0.1) is 0 Å². The standard InChI is InChI=1S/C18H22N2O4S/c1-4-5-8-20-17(22)15(19-18(20)25)10-13-6-7-16(23-3)14(9-13)11-24-12(2)21/h6-7,9-10H,4-5,8,11H2,1-3H3,(H,19,25)/b15-10-. The molecule has 0 aliphatic carbocycles. The normalized spacial score (nSPS) is 15.5. The first kappa shape index (κ1) is 18.9. The van der Waals surface area contributed by atoms with E-state index in [4.69, 9.17) is 21.7 Å². The van der Waals surface area contributed by atoms with Gasteiger partial charge in [0.05, 0.1) is 7.11 Å².